The lowest BCUT2D eigenvalue weighted by Gasteiger charge is -2.35. The molecule has 0 spiro atoms. The second-order valence-electron chi connectivity index (χ2n) is 4.46. The zero-order valence-electron chi connectivity index (χ0n) is 9.64. The Morgan fingerprint density at radius 3 is 2.72 bits per heavy atom. The summed E-state index contributed by atoms with van der Waals surface area (Å²) >= 11 is 11.8. The average Bonchev–Trinajstić information content (AvgIpc) is 2.33. The lowest BCUT2D eigenvalue weighted by Crippen LogP contribution is -2.47. The first-order chi connectivity index (χ1) is 8.49. The summed E-state index contributed by atoms with van der Waals surface area (Å²) in [7, 11) is 0. The molecule has 0 bridgehead atoms. The minimum absolute atomic E-state index is 0.0374. The van der Waals surface area contributed by atoms with E-state index >= 15 is 0 Å². The van der Waals surface area contributed by atoms with Gasteiger partial charge in [-0.25, -0.2) is 4.79 Å². The predicted molar refractivity (Wildman–Crippen MR) is 71.4 cm³/mol. The standard InChI is InChI=1S/C12H14Cl2N2O2/c13-9-2-1-7(5-10(9)14)8-6-16(12(17)18)4-3-11(8)15/h1-2,5,8,11H,3-4,6,15H2,(H,17,18). The van der Waals surface area contributed by atoms with E-state index in [4.69, 9.17) is 34.0 Å². The SMILES string of the molecule is NC1CCN(C(=O)O)CC1c1ccc(Cl)c(Cl)c1. The summed E-state index contributed by atoms with van der Waals surface area (Å²) in [6.45, 7) is 0.878. The molecule has 1 amide bonds. The van der Waals surface area contributed by atoms with E-state index in [1.807, 2.05) is 6.07 Å². The van der Waals surface area contributed by atoms with Crippen molar-refractivity contribution < 1.29 is 9.90 Å². The van der Waals surface area contributed by atoms with Crippen molar-refractivity contribution in [2.45, 2.75) is 18.4 Å². The third-order valence-corrected chi connectivity index (χ3v) is 4.05. The van der Waals surface area contributed by atoms with Gasteiger partial charge in [0.2, 0.25) is 0 Å². The molecule has 18 heavy (non-hydrogen) atoms. The molecule has 0 radical (unpaired) electrons. The molecular weight excluding hydrogens is 275 g/mol. The number of carbonyl (C=O) groups is 1. The van der Waals surface area contributed by atoms with Crippen molar-refractivity contribution in [1.29, 1.82) is 0 Å². The molecule has 0 saturated carbocycles. The number of likely N-dealkylation sites (tertiary alicyclic amines) is 1. The van der Waals surface area contributed by atoms with Crippen LogP contribution in [0.2, 0.25) is 10.0 Å². The first kappa shape index (κ1) is 13.5. The molecule has 6 heteroatoms. The fourth-order valence-corrected chi connectivity index (χ4v) is 2.55. The summed E-state index contributed by atoms with van der Waals surface area (Å²) in [5.41, 5.74) is 7.00. The van der Waals surface area contributed by atoms with Gasteiger partial charge in [-0.2, -0.15) is 0 Å². The van der Waals surface area contributed by atoms with E-state index in [0.717, 1.165) is 5.56 Å². The molecule has 3 N–H and O–H groups in total. The van der Waals surface area contributed by atoms with Crippen LogP contribution in [0, 0.1) is 0 Å². The van der Waals surface area contributed by atoms with E-state index < -0.39 is 6.09 Å². The van der Waals surface area contributed by atoms with E-state index in [2.05, 4.69) is 0 Å². The van der Waals surface area contributed by atoms with Crippen LogP contribution in [0.1, 0.15) is 17.9 Å². The minimum Gasteiger partial charge on any atom is -0.465 e. The van der Waals surface area contributed by atoms with E-state index in [0.29, 0.717) is 29.6 Å². The van der Waals surface area contributed by atoms with Crippen molar-refractivity contribution in [2.24, 2.45) is 5.73 Å². The van der Waals surface area contributed by atoms with Crippen molar-refractivity contribution in [3.8, 4) is 0 Å². The van der Waals surface area contributed by atoms with Crippen LogP contribution in [0.15, 0.2) is 18.2 Å². The fourth-order valence-electron chi connectivity index (χ4n) is 2.24. The van der Waals surface area contributed by atoms with E-state index in [-0.39, 0.29) is 12.0 Å². The molecule has 1 aromatic carbocycles. The molecule has 1 heterocycles. The lowest BCUT2D eigenvalue weighted by molar-refractivity contribution is 0.126. The summed E-state index contributed by atoms with van der Waals surface area (Å²) in [6, 6.07) is 5.27. The average molecular weight is 289 g/mol. The highest BCUT2D eigenvalue weighted by Crippen LogP contribution is 2.31. The molecular formula is C12H14Cl2N2O2. The highest BCUT2D eigenvalue weighted by molar-refractivity contribution is 6.42. The third kappa shape index (κ3) is 2.71. The highest BCUT2D eigenvalue weighted by Gasteiger charge is 2.30. The molecule has 1 saturated heterocycles. The quantitative estimate of drug-likeness (QED) is 0.835. The number of nitrogens with two attached hydrogens (primary N) is 1. The van der Waals surface area contributed by atoms with Crippen LogP contribution in [0.4, 0.5) is 4.79 Å². The molecule has 1 aliphatic rings. The summed E-state index contributed by atoms with van der Waals surface area (Å²) in [4.78, 5) is 12.4. The topological polar surface area (TPSA) is 66.6 Å². The van der Waals surface area contributed by atoms with Gasteiger partial charge in [-0.05, 0) is 24.1 Å². The van der Waals surface area contributed by atoms with Gasteiger partial charge in [-0.15, -0.1) is 0 Å². The minimum atomic E-state index is -0.910. The van der Waals surface area contributed by atoms with Gasteiger partial charge in [0.25, 0.3) is 0 Å². The number of amides is 1. The number of hydrogen-bond donors (Lipinski definition) is 2. The number of carboxylic acid groups (broad SMARTS) is 1. The smallest absolute Gasteiger partial charge is 0.407 e. The van der Waals surface area contributed by atoms with Gasteiger partial charge >= 0.3 is 6.09 Å². The maximum atomic E-state index is 11.0. The number of piperidine rings is 1. The van der Waals surface area contributed by atoms with Gasteiger partial charge < -0.3 is 15.7 Å². The number of halogens is 2. The molecule has 1 aromatic rings. The zero-order valence-corrected chi connectivity index (χ0v) is 11.2. The molecule has 0 aromatic heterocycles. The van der Waals surface area contributed by atoms with Gasteiger partial charge in [0.05, 0.1) is 10.0 Å². The summed E-state index contributed by atoms with van der Waals surface area (Å²) in [5, 5.41) is 9.98. The molecule has 4 nitrogen and oxygen atoms in total. The largest absolute Gasteiger partial charge is 0.465 e. The summed E-state index contributed by atoms with van der Waals surface area (Å²) < 4.78 is 0. The molecule has 98 valence electrons. The molecule has 2 atom stereocenters. The lowest BCUT2D eigenvalue weighted by atomic mass is 9.87. The Morgan fingerprint density at radius 1 is 1.39 bits per heavy atom. The first-order valence-electron chi connectivity index (χ1n) is 5.67. The predicted octanol–water partition coefficient (Wildman–Crippen LogP) is 2.79. The second kappa shape index (κ2) is 5.34. The maximum absolute atomic E-state index is 11.0. The van der Waals surface area contributed by atoms with Crippen molar-refractivity contribution in [3.63, 3.8) is 0 Å². The van der Waals surface area contributed by atoms with Crippen molar-refractivity contribution >= 4 is 29.3 Å². The van der Waals surface area contributed by atoms with Crippen LogP contribution in [-0.4, -0.2) is 35.2 Å². The number of hydrogen-bond acceptors (Lipinski definition) is 2. The molecule has 1 fully saturated rings. The highest BCUT2D eigenvalue weighted by atomic mass is 35.5. The van der Waals surface area contributed by atoms with Crippen LogP contribution in [-0.2, 0) is 0 Å². The Labute approximate surface area is 115 Å². The summed E-state index contributed by atoms with van der Waals surface area (Å²) in [6.07, 6.45) is -0.260. The number of nitrogens with zero attached hydrogens (tertiary/aromatic N) is 1. The Morgan fingerprint density at radius 2 is 2.11 bits per heavy atom. The maximum Gasteiger partial charge on any atom is 0.407 e. The van der Waals surface area contributed by atoms with Gasteiger partial charge in [-0.1, -0.05) is 29.3 Å². The van der Waals surface area contributed by atoms with Gasteiger partial charge in [0.15, 0.2) is 0 Å². The van der Waals surface area contributed by atoms with Gasteiger partial charge in [-0.3, -0.25) is 0 Å². The van der Waals surface area contributed by atoms with E-state index in [9.17, 15) is 4.79 Å². The van der Waals surface area contributed by atoms with Crippen molar-refractivity contribution in [2.75, 3.05) is 13.1 Å². The summed E-state index contributed by atoms with van der Waals surface area (Å²) in [5.74, 6) is -0.0374. The van der Waals surface area contributed by atoms with E-state index in [1.165, 1.54) is 4.90 Å². The van der Waals surface area contributed by atoms with E-state index in [1.54, 1.807) is 12.1 Å². The van der Waals surface area contributed by atoms with Crippen LogP contribution >= 0.6 is 23.2 Å². The van der Waals surface area contributed by atoms with Crippen LogP contribution in [0.5, 0.6) is 0 Å². The Hall–Kier alpha value is -0.970. The number of rotatable bonds is 1. The van der Waals surface area contributed by atoms with Crippen LogP contribution < -0.4 is 5.73 Å². The van der Waals surface area contributed by atoms with Gasteiger partial charge in [0.1, 0.15) is 0 Å². The molecule has 2 unspecified atom stereocenters. The van der Waals surface area contributed by atoms with Crippen LogP contribution in [0.3, 0.4) is 0 Å². The first-order valence-corrected chi connectivity index (χ1v) is 6.43. The molecule has 2 rings (SSSR count). The van der Waals surface area contributed by atoms with Crippen LogP contribution in [0.25, 0.3) is 0 Å². The normalized spacial score (nSPS) is 24.1. The Bertz CT molecular complexity index is 467. The van der Waals surface area contributed by atoms with Crippen molar-refractivity contribution in [3.05, 3.63) is 33.8 Å². The monoisotopic (exact) mass is 288 g/mol. The molecule has 0 aliphatic carbocycles. The Kier molecular flexibility index (Phi) is 4.00. The third-order valence-electron chi connectivity index (χ3n) is 3.31. The Balaban J connectivity index is 2.24. The molecule has 1 aliphatic heterocycles. The zero-order chi connectivity index (χ0) is 13.3. The number of benzene rings is 1. The van der Waals surface area contributed by atoms with Crippen molar-refractivity contribution in [1.82, 2.24) is 4.90 Å². The second-order valence-corrected chi connectivity index (χ2v) is 5.28. The fraction of sp³-hybridized carbons (Fsp3) is 0.417. The van der Waals surface area contributed by atoms with Gasteiger partial charge in [0, 0.05) is 25.0 Å².